The molecule has 0 heterocycles. The van der Waals surface area contributed by atoms with Gasteiger partial charge in [0, 0.05) is 23.5 Å². The van der Waals surface area contributed by atoms with Crippen LogP contribution < -0.4 is 10.6 Å². The summed E-state index contributed by atoms with van der Waals surface area (Å²) in [6, 6.07) is 14.3. The van der Waals surface area contributed by atoms with Gasteiger partial charge in [-0.15, -0.1) is 0 Å². The van der Waals surface area contributed by atoms with Gasteiger partial charge >= 0.3 is 0 Å². The van der Waals surface area contributed by atoms with E-state index in [9.17, 15) is 9.59 Å². The van der Waals surface area contributed by atoms with E-state index in [1.54, 1.807) is 30.3 Å². The van der Waals surface area contributed by atoms with Gasteiger partial charge in [-0.1, -0.05) is 24.3 Å². The molecule has 0 saturated carbocycles. The summed E-state index contributed by atoms with van der Waals surface area (Å²) in [5, 5.41) is 5.98. The molecule has 4 heteroatoms. The van der Waals surface area contributed by atoms with Crippen LogP contribution in [0, 0.1) is 0 Å². The summed E-state index contributed by atoms with van der Waals surface area (Å²) in [4.78, 5) is 23.7. The fourth-order valence-electron chi connectivity index (χ4n) is 2.04. The zero-order valence-corrected chi connectivity index (χ0v) is 12.1. The maximum absolute atomic E-state index is 12.4. The molecule has 0 aromatic heterocycles. The summed E-state index contributed by atoms with van der Waals surface area (Å²) in [5.74, 6) is -0.230. The van der Waals surface area contributed by atoms with Gasteiger partial charge in [-0.25, -0.2) is 0 Å². The monoisotopic (exact) mass is 282 g/mol. The zero-order valence-electron chi connectivity index (χ0n) is 12.1. The fraction of sp³-hybridized carbons (Fsp3) is 0.176. The van der Waals surface area contributed by atoms with Crippen LogP contribution in [0.25, 0.3) is 0 Å². The van der Waals surface area contributed by atoms with E-state index in [0.717, 1.165) is 12.2 Å². The highest BCUT2D eigenvalue weighted by Crippen LogP contribution is 2.18. The highest BCUT2D eigenvalue weighted by Gasteiger charge is 2.11. The summed E-state index contributed by atoms with van der Waals surface area (Å²) in [5.41, 5.74) is 2.56. The molecule has 2 aromatic carbocycles. The molecule has 0 aliphatic carbocycles. The van der Waals surface area contributed by atoms with E-state index < -0.39 is 0 Å². The van der Waals surface area contributed by atoms with Crippen molar-refractivity contribution in [3.05, 3.63) is 59.7 Å². The minimum Gasteiger partial charge on any atom is -0.385 e. The molecule has 0 saturated heterocycles. The SMILES string of the molecule is CCNc1ccccc1C(=O)Nc1cccc(C(C)=O)c1. The number of ketones is 1. The van der Waals surface area contributed by atoms with E-state index in [1.165, 1.54) is 6.92 Å². The predicted molar refractivity (Wildman–Crippen MR) is 85.0 cm³/mol. The van der Waals surface area contributed by atoms with Crippen molar-refractivity contribution >= 4 is 23.1 Å². The third kappa shape index (κ3) is 3.69. The topological polar surface area (TPSA) is 58.2 Å². The predicted octanol–water partition coefficient (Wildman–Crippen LogP) is 3.57. The van der Waals surface area contributed by atoms with E-state index in [1.807, 2.05) is 25.1 Å². The van der Waals surface area contributed by atoms with Gasteiger partial charge in [0.05, 0.1) is 5.56 Å². The molecule has 2 N–H and O–H groups in total. The van der Waals surface area contributed by atoms with Crippen molar-refractivity contribution in [1.29, 1.82) is 0 Å². The second kappa shape index (κ2) is 6.70. The van der Waals surface area contributed by atoms with Gasteiger partial charge in [0.15, 0.2) is 5.78 Å². The standard InChI is InChI=1S/C17H18N2O2/c1-3-18-16-10-5-4-9-15(16)17(21)19-14-8-6-7-13(11-14)12(2)20/h4-11,18H,3H2,1-2H3,(H,19,21). The van der Waals surface area contributed by atoms with Crippen molar-refractivity contribution in [2.45, 2.75) is 13.8 Å². The average Bonchev–Trinajstić information content (AvgIpc) is 2.48. The molecule has 21 heavy (non-hydrogen) atoms. The second-order valence-corrected chi connectivity index (χ2v) is 4.67. The Morgan fingerprint density at radius 2 is 1.81 bits per heavy atom. The maximum Gasteiger partial charge on any atom is 0.257 e. The molecule has 0 fully saturated rings. The number of rotatable bonds is 5. The molecule has 0 aliphatic rings. The molecule has 0 spiro atoms. The Morgan fingerprint density at radius 1 is 1.05 bits per heavy atom. The van der Waals surface area contributed by atoms with Gasteiger partial charge in [-0.3, -0.25) is 9.59 Å². The van der Waals surface area contributed by atoms with Gasteiger partial charge < -0.3 is 10.6 Å². The lowest BCUT2D eigenvalue weighted by Gasteiger charge is -2.11. The van der Waals surface area contributed by atoms with Crippen LogP contribution >= 0.6 is 0 Å². The first-order chi connectivity index (χ1) is 10.1. The maximum atomic E-state index is 12.4. The van der Waals surface area contributed by atoms with Gasteiger partial charge in [-0.05, 0) is 38.1 Å². The number of hydrogen-bond donors (Lipinski definition) is 2. The first kappa shape index (κ1) is 14.8. The summed E-state index contributed by atoms with van der Waals surface area (Å²) in [6.45, 7) is 4.22. The van der Waals surface area contributed by atoms with E-state index in [4.69, 9.17) is 0 Å². The van der Waals surface area contributed by atoms with E-state index in [-0.39, 0.29) is 11.7 Å². The van der Waals surface area contributed by atoms with E-state index >= 15 is 0 Å². The van der Waals surface area contributed by atoms with Gasteiger partial charge in [0.2, 0.25) is 0 Å². The van der Waals surface area contributed by atoms with Crippen molar-refractivity contribution < 1.29 is 9.59 Å². The first-order valence-corrected chi connectivity index (χ1v) is 6.87. The van der Waals surface area contributed by atoms with Gasteiger partial charge in [0.25, 0.3) is 5.91 Å². The molecule has 4 nitrogen and oxygen atoms in total. The molecular formula is C17H18N2O2. The molecule has 2 rings (SSSR count). The van der Waals surface area contributed by atoms with Crippen LogP contribution in [0.3, 0.4) is 0 Å². The van der Waals surface area contributed by atoms with Crippen molar-refractivity contribution in [1.82, 2.24) is 0 Å². The van der Waals surface area contributed by atoms with Crippen molar-refractivity contribution in [3.8, 4) is 0 Å². The molecular weight excluding hydrogens is 264 g/mol. The largest absolute Gasteiger partial charge is 0.385 e. The lowest BCUT2D eigenvalue weighted by Crippen LogP contribution is -2.15. The molecule has 2 aromatic rings. The van der Waals surface area contributed by atoms with Crippen LogP contribution in [0.2, 0.25) is 0 Å². The van der Waals surface area contributed by atoms with Crippen LogP contribution in [0.15, 0.2) is 48.5 Å². The summed E-state index contributed by atoms with van der Waals surface area (Å²) >= 11 is 0. The number of benzene rings is 2. The number of para-hydroxylation sites is 1. The quantitative estimate of drug-likeness (QED) is 0.824. The Morgan fingerprint density at radius 3 is 2.52 bits per heavy atom. The molecule has 0 radical (unpaired) electrons. The van der Waals surface area contributed by atoms with E-state index in [2.05, 4.69) is 10.6 Å². The summed E-state index contributed by atoms with van der Waals surface area (Å²) in [6.07, 6.45) is 0. The number of amides is 1. The summed E-state index contributed by atoms with van der Waals surface area (Å²) < 4.78 is 0. The Hall–Kier alpha value is -2.62. The molecule has 0 atom stereocenters. The number of nitrogens with one attached hydrogen (secondary N) is 2. The normalized spacial score (nSPS) is 10.0. The van der Waals surface area contributed by atoms with Crippen molar-refractivity contribution in [3.63, 3.8) is 0 Å². The summed E-state index contributed by atoms with van der Waals surface area (Å²) in [7, 11) is 0. The smallest absolute Gasteiger partial charge is 0.257 e. The number of anilines is 2. The molecule has 0 aliphatic heterocycles. The third-order valence-corrected chi connectivity index (χ3v) is 3.07. The molecule has 1 amide bonds. The Bertz CT molecular complexity index is 665. The average molecular weight is 282 g/mol. The van der Waals surface area contributed by atoms with Gasteiger partial charge in [-0.2, -0.15) is 0 Å². The highest BCUT2D eigenvalue weighted by molar-refractivity contribution is 6.08. The Kier molecular flexibility index (Phi) is 4.72. The van der Waals surface area contributed by atoms with Crippen LogP contribution in [0.5, 0.6) is 0 Å². The highest BCUT2D eigenvalue weighted by atomic mass is 16.1. The zero-order chi connectivity index (χ0) is 15.2. The third-order valence-electron chi connectivity index (χ3n) is 3.07. The second-order valence-electron chi connectivity index (χ2n) is 4.67. The number of Topliss-reactive ketones (excluding diaryl/α,β-unsaturated/α-hetero) is 1. The lowest BCUT2D eigenvalue weighted by atomic mass is 10.1. The van der Waals surface area contributed by atoms with E-state index in [0.29, 0.717) is 16.8 Å². The molecule has 108 valence electrons. The van der Waals surface area contributed by atoms with Crippen LogP contribution in [-0.4, -0.2) is 18.2 Å². The van der Waals surface area contributed by atoms with Crippen LogP contribution in [0.1, 0.15) is 34.6 Å². The number of carbonyl (C=O) groups excluding carboxylic acids is 2. The van der Waals surface area contributed by atoms with Crippen LogP contribution in [-0.2, 0) is 0 Å². The minimum atomic E-state index is -0.202. The van der Waals surface area contributed by atoms with Crippen LogP contribution in [0.4, 0.5) is 11.4 Å². The Balaban J connectivity index is 2.22. The molecule has 0 unspecified atom stereocenters. The van der Waals surface area contributed by atoms with Crippen molar-refractivity contribution in [2.75, 3.05) is 17.2 Å². The minimum absolute atomic E-state index is 0.0286. The number of hydrogen-bond acceptors (Lipinski definition) is 3. The first-order valence-electron chi connectivity index (χ1n) is 6.87. The number of carbonyl (C=O) groups is 2. The van der Waals surface area contributed by atoms with Gasteiger partial charge in [0.1, 0.15) is 0 Å². The lowest BCUT2D eigenvalue weighted by molar-refractivity contribution is 0.101. The fourth-order valence-corrected chi connectivity index (χ4v) is 2.04. The van der Waals surface area contributed by atoms with Crippen molar-refractivity contribution in [2.24, 2.45) is 0 Å². The molecule has 0 bridgehead atoms. The Labute approximate surface area is 124 Å².